The van der Waals surface area contributed by atoms with Crippen molar-refractivity contribution >= 4 is 23.4 Å². The van der Waals surface area contributed by atoms with Crippen LogP contribution >= 0.6 is 0 Å². The summed E-state index contributed by atoms with van der Waals surface area (Å²) >= 11 is 0. The van der Waals surface area contributed by atoms with Crippen molar-refractivity contribution in [1.29, 1.82) is 0 Å². The number of amides is 3. The molecule has 1 aliphatic heterocycles. The zero-order valence-corrected chi connectivity index (χ0v) is 13.8. The molecule has 1 unspecified atom stereocenters. The molecule has 1 fully saturated rings. The number of likely N-dealkylation sites (tertiary alicyclic amines) is 1. The van der Waals surface area contributed by atoms with E-state index in [2.05, 4.69) is 10.6 Å². The number of benzene rings is 1. The second-order valence-corrected chi connectivity index (χ2v) is 5.87. The molecule has 1 heterocycles. The smallest absolute Gasteiger partial charge is 0.351 e. The Morgan fingerprint density at radius 2 is 1.96 bits per heavy atom. The summed E-state index contributed by atoms with van der Waals surface area (Å²) in [6.07, 6.45) is -4.82. The van der Waals surface area contributed by atoms with Crippen LogP contribution in [0, 0.1) is 5.92 Å². The van der Waals surface area contributed by atoms with Crippen molar-refractivity contribution < 1.29 is 27.6 Å². The fourth-order valence-corrected chi connectivity index (χ4v) is 2.62. The van der Waals surface area contributed by atoms with Gasteiger partial charge >= 0.3 is 6.18 Å². The van der Waals surface area contributed by atoms with Gasteiger partial charge < -0.3 is 21.3 Å². The number of nitrogens with zero attached hydrogens (tertiary/aromatic N) is 1. The van der Waals surface area contributed by atoms with Gasteiger partial charge in [0.1, 0.15) is 6.54 Å². The Kier molecular flexibility index (Phi) is 6.19. The van der Waals surface area contributed by atoms with Crippen LogP contribution in [-0.4, -0.2) is 55.0 Å². The van der Waals surface area contributed by atoms with E-state index in [9.17, 15) is 27.6 Å². The van der Waals surface area contributed by atoms with Crippen LogP contribution in [0.1, 0.15) is 16.8 Å². The van der Waals surface area contributed by atoms with E-state index in [1.54, 1.807) is 12.1 Å². The first-order valence-electron chi connectivity index (χ1n) is 7.94. The van der Waals surface area contributed by atoms with Crippen LogP contribution in [0.2, 0.25) is 0 Å². The highest BCUT2D eigenvalue weighted by Gasteiger charge is 2.40. The fraction of sp³-hybridized carbons (Fsp3) is 0.438. The van der Waals surface area contributed by atoms with Crippen LogP contribution in [0.3, 0.4) is 0 Å². The molecule has 1 saturated heterocycles. The first kappa shape index (κ1) is 19.7. The van der Waals surface area contributed by atoms with Gasteiger partial charge in [-0.3, -0.25) is 14.4 Å². The number of alkyl halides is 3. The summed E-state index contributed by atoms with van der Waals surface area (Å²) in [5.74, 6) is -2.68. The molecule has 1 aromatic carbocycles. The van der Waals surface area contributed by atoms with Crippen LogP contribution in [0.4, 0.5) is 18.9 Å². The quantitative estimate of drug-likeness (QED) is 0.685. The lowest BCUT2D eigenvalue weighted by Gasteiger charge is -2.18. The average molecular weight is 372 g/mol. The Hall–Kier alpha value is -2.62. The first-order valence-corrected chi connectivity index (χ1v) is 7.94. The number of halogens is 3. The molecule has 0 aliphatic carbocycles. The number of anilines is 1. The predicted octanol–water partition coefficient (Wildman–Crippen LogP) is 0.724. The number of rotatable bonds is 6. The Bertz CT molecular complexity index is 694. The Morgan fingerprint density at radius 1 is 1.27 bits per heavy atom. The van der Waals surface area contributed by atoms with Crippen LogP contribution in [0.15, 0.2) is 24.3 Å². The third-order valence-corrected chi connectivity index (χ3v) is 3.81. The maximum Gasteiger partial charge on any atom is 0.406 e. The summed E-state index contributed by atoms with van der Waals surface area (Å²) in [7, 11) is 0. The summed E-state index contributed by atoms with van der Waals surface area (Å²) in [4.78, 5) is 36.7. The highest BCUT2D eigenvalue weighted by atomic mass is 19.4. The molecular formula is C16H19F3N4O3. The molecular weight excluding hydrogens is 353 g/mol. The van der Waals surface area contributed by atoms with Gasteiger partial charge in [-0.05, 0) is 12.1 Å². The highest BCUT2D eigenvalue weighted by molar-refractivity contribution is 6.05. The fourth-order valence-electron chi connectivity index (χ4n) is 2.62. The standard InChI is InChI=1S/C16H19F3N4O3/c17-16(18,19)9-23-8-10(7-13(23)24)14(25)22-12-4-2-1-3-11(12)15(26)21-6-5-20/h1-4,10H,5-9,20H2,(H,21,26)(H,22,25). The Balaban J connectivity index is 2.04. The number of carbonyl (C=O) groups is 3. The van der Waals surface area contributed by atoms with Crippen molar-refractivity contribution in [2.24, 2.45) is 11.7 Å². The molecule has 26 heavy (non-hydrogen) atoms. The third kappa shape index (κ3) is 5.19. The lowest BCUT2D eigenvalue weighted by Crippen LogP contribution is -2.36. The zero-order chi connectivity index (χ0) is 19.3. The maximum absolute atomic E-state index is 12.5. The summed E-state index contributed by atoms with van der Waals surface area (Å²) in [6, 6.07) is 6.21. The lowest BCUT2D eigenvalue weighted by atomic mass is 10.1. The van der Waals surface area contributed by atoms with Crippen LogP contribution < -0.4 is 16.4 Å². The summed E-state index contributed by atoms with van der Waals surface area (Å²) in [5.41, 5.74) is 5.74. The molecule has 4 N–H and O–H groups in total. The van der Waals surface area contributed by atoms with E-state index in [0.717, 1.165) is 0 Å². The number of hydrogen-bond donors (Lipinski definition) is 3. The monoisotopic (exact) mass is 372 g/mol. The van der Waals surface area contributed by atoms with Gasteiger partial charge in [-0.25, -0.2) is 0 Å². The topological polar surface area (TPSA) is 105 Å². The van der Waals surface area contributed by atoms with Crippen molar-refractivity contribution in [3.8, 4) is 0 Å². The number of nitrogens with two attached hydrogens (primary N) is 1. The molecule has 10 heteroatoms. The average Bonchev–Trinajstić information content (AvgIpc) is 2.92. The Labute approximate surface area is 147 Å². The van der Waals surface area contributed by atoms with Gasteiger partial charge in [0.05, 0.1) is 17.2 Å². The first-order chi connectivity index (χ1) is 12.2. The third-order valence-electron chi connectivity index (χ3n) is 3.81. The van der Waals surface area contributed by atoms with E-state index in [-0.39, 0.29) is 37.3 Å². The Morgan fingerprint density at radius 3 is 2.62 bits per heavy atom. The van der Waals surface area contributed by atoms with E-state index in [1.165, 1.54) is 12.1 Å². The largest absolute Gasteiger partial charge is 0.406 e. The number of nitrogens with one attached hydrogen (secondary N) is 2. The van der Waals surface area contributed by atoms with E-state index in [1.807, 2.05) is 0 Å². The molecule has 0 saturated carbocycles. The van der Waals surface area contributed by atoms with Crippen molar-refractivity contribution in [3.63, 3.8) is 0 Å². The zero-order valence-electron chi connectivity index (χ0n) is 13.8. The molecule has 0 aromatic heterocycles. The van der Waals surface area contributed by atoms with Gasteiger partial charge in [-0.2, -0.15) is 13.2 Å². The molecule has 1 aromatic rings. The van der Waals surface area contributed by atoms with Gasteiger partial charge in [0.25, 0.3) is 5.91 Å². The summed E-state index contributed by atoms with van der Waals surface area (Å²) in [6.45, 7) is -1.19. The number of carbonyl (C=O) groups excluding carboxylic acids is 3. The molecule has 2 rings (SSSR count). The van der Waals surface area contributed by atoms with E-state index in [4.69, 9.17) is 5.73 Å². The van der Waals surface area contributed by atoms with Crippen molar-refractivity contribution in [2.75, 3.05) is 31.5 Å². The molecule has 0 radical (unpaired) electrons. The normalized spacial score (nSPS) is 17.3. The molecule has 1 atom stereocenters. The second kappa shape index (κ2) is 8.17. The molecule has 1 aliphatic rings. The molecule has 7 nitrogen and oxygen atoms in total. The lowest BCUT2D eigenvalue weighted by molar-refractivity contribution is -0.157. The summed E-state index contributed by atoms with van der Waals surface area (Å²) < 4.78 is 37.4. The number of hydrogen-bond acceptors (Lipinski definition) is 4. The minimum absolute atomic E-state index is 0.200. The van der Waals surface area contributed by atoms with Gasteiger partial charge in [0.15, 0.2) is 0 Å². The summed E-state index contributed by atoms with van der Waals surface area (Å²) in [5, 5.41) is 5.09. The van der Waals surface area contributed by atoms with E-state index in [0.29, 0.717) is 4.90 Å². The van der Waals surface area contributed by atoms with Crippen molar-refractivity contribution in [3.05, 3.63) is 29.8 Å². The van der Waals surface area contributed by atoms with Crippen molar-refractivity contribution in [1.82, 2.24) is 10.2 Å². The van der Waals surface area contributed by atoms with E-state index >= 15 is 0 Å². The minimum atomic E-state index is -4.52. The highest BCUT2D eigenvalue weighted by Crippen LogP contribution is 2.25. The molecule has 142 valence electrons. The molecule has 0 bridgehead atoms. The van der Waals surface area contributed by atoms with Gasteiger partial charge in [0, 0.05) is 26.1 Å². The van der Waals surface area contributed by atoms with Gasteiger partial charge in [-0.15, -0.1) is 0 Å². The van der Waals surface area contributed by atoms with Crippen LogP contribution in [0.25, 0.3) is 0 Å². The van der Waals surface area contributed by atoms with Crippen LogP contribution in [0.5, 0.6) is 0 Å². The second-order valence-electron chi connectivity index (χ2n) is 5.87. The minimum Gasteiger partial charge on any atom is -0.351 e. The van der Waals surface area contributed by atoms with Crippen molar-refractivity contribution in [2.45, 2.75) is 12.6 Å². The van der Waals surface area contributed by atoms with Gasteiger partial charge in [0.2, 0.25) is 11.8 Å². The molecule has 0 spiro atoms. The van der Waals surface area contributed by atoms with E-state index < -0.39 is 36.4 Å². The SMILES string of the molecule is NCCNC(=O)c1ccccc1NC(=O)C1CC(=O)N(CC(F)(F)F)C1. The number of para-hydroxylation sites is 1. The van der Waals surface area contributed by atoms with Gasteiger partial charge in [-0.1, -0.05) is 12.1 Å². The predicted molar refractivity (Wildman–Crippen MR) is 87.2 cm³/mol. The molecule has 3 amide bonds. The van der Waals surface area contributed by atoms with Crippen LogP contribution in [-0.2, 0) is 9.59 Å². The maximum atomic E-state index is 12.5.